The van der Waals surface area contributed by atoms with Crippen LogP contribution < -0.4 is 0 Å². The van der Waals surface area contributed by atoms with Crippen molar-refractivity contribution in [3.63, 3.8) is 0 Å². The zero-order valence-corrected chi connectivity index (χ0v) is 9.41. The Labute approximate surface area is 89.0 Å². The van der Waals surface area contributed by atoms with Crippen LogP contribution in [0.4, 0.5) is 0 Å². The largest absolute Gasteiger partial charge is 0.390 e. The smallest absolute Gasteiger partial charge is 0.324 e. The summed E-state index contributed by atoms with van der Waals surface area (Å²) in [7, 11) is 6.70. The van der Waals surface area contributed by atoms with E-state index in [-0.39, 0.29) is 6.61 Å². The molecule has 4 atom stereocenters. The summed E-state index contributed by atoms with van der Waals surface area (Å²) >= 11 is 4.60. The molecular formula is C6H12BO5PS. The van der Waals surface area contributed by atoms with Gasteiger partial charge in [-0.25, -0.2) is 0 Å². The van der Waals surface area contributed by atoms with Gasteiger partial charge in [-0.3, -0.25) is 0 Å². The van der Waals surface area contributed by atoms with Crippen molar-refractivity contribution in [3.05, 3.63) is 0 Å². The van der Waals surface area contributed by atoms with Crippen molar-refractivity contribution in [2.24, 2.45) is 0 Å². The summed E-state index contributed by atoms with van der Waals surface area (Å²) in [5.41, 5.74) is 0. The van der Waals surface area contributed by atoms with Crippen molar-refractivity contribution in [1.29, 1.82) is 0 Å². The van der Waals surface area contributed by atoms with E-state index in [4.69, 9.17) is 17.1 Å². The first kappa shape index (κ1) is 12.6. The Morgan fingerprint density at radius 3 is 2.79 bits per heavy atom. The molecular weight excluding hydrogens is 226 g/mol. The van der Waals surface area contributed by atoms with Gasteiger partial charge in [-0.05, 0) is 18.2 Å². The Bertz CT molecular complexity index is 240. The standard InChI is InChI=1S/C6H12BO5PS/c1-10-13(9,14)11-3-5-4(8)2-6(7)12-5/h4-6,8H,2-3H2,1H3,(H,9,14)/t4-,5+,6+,13?/m0/s1. The molecule has 80 valence electrons. The van der Waals surface area contributed by atoms with Gasteiger partial charge in [-0.15, -0.1) is 0 Å². The lowest BCUT2D eigenvalue weighted by Gasteiger charge is -2.18. The van der Waals surface area contributed by atoms with Crippen LogP contribution in [0.15, 0.2) is 0 Å². The monoisotopic (exact) mass is 238 g/mol. The molecule has 0 aromatic heterocycles. The molecule has 0 amide bonds. The summed E-state index contributed by atoms with van der Waals surface area (Å²) in [4.78, 5) is 9.25. The second-order valence-electron chi connectivity index (χ2n) is 2.96. The molecule has 0 aliphatic carbocycles. The summed E-state index contributed by atoms with van der Waals surface area (Å²) in [5, 5.41) is 9.40. The summed E-state index contributed by atoms with van der Waals surface area (Å²) in [6.07, 6.45) is -0.874. The molecule has 8 heteroatoms. The van der Waals surface area contributed by atoms with Crippen LogP contribution >= 0.6 is 6.72 Å². The molecule has 1 aliphatic heterocycles. The van der Waals surface area contributed by atoms with Gasteiger partial charge in [-0.2, -0.15) is 0 Å². The molecule has 1 saturated heterocycles. The SMILES string of the molecule is [B][C@H]1C[C@H](O)[C@@H](COP(O)(=S)OC)O1. The molecule has 0 saturated carbocycles. The lowest BCUT2D eigenvalue weighted by atomic mass is 9.96. The fraction of sp³-hybridized carbons (Fsp3) is 1.00. The molecule has 1 unspecified atom stereocenters. The second-order valence-corrected chi connectivity index (χ2v) is 5.91. The van der Waals surface area contributed by atoms with Crippen LogP contribution in [0.1, 0.15) is 6.42 Å². The number of aliphatic hydroxyl groups excluding tert-OH is 1. The Hall–Kier alpha value is 0.515. The van der Waals surface area contributed by atoms with Crippen LogP contribution in [0.2, 0.25) is 0 Å². The Morgan fingerprint density at radius 1 is 1.71 bits per heavy atom. The van der Waals surface area contributed by atoms with Gasteiger partial charge in [0.2, 0.25) is 0 Å². The van der Waals surface area contributed by atoms with Gasteiger partial charge in [0.1, 0.15) is 14.0 Å². The average Bonchev–Trinajstić information content (AvgIpc) is 2.42. The van der Waals surface area contributed by atoms with Gasteiger partial charge in [-0.1, -0.05) is 0 Å². The highest BCUT2D eigenvalue weighted by Gasteiger charge is 2.32. The number of rotatable bonds is 4. The summed E-state index contributed by atoms with van der Waals surface area (Å²) in [6, 6.07) is -0.488. The molecule has 1 fully saturated rings. The topological polar surface area (TPSA) is 68.2 Å². The van der Waals surface area contributed by atoms with Gasteiger partial charge in [0.05, 0.1) is 12.7 Å². The van der Waals surface area contributed by atoms with Crippen molar-refractivity contribution in [2.45, 2.75) is 24.6 Å². The van der Waals surface area contributed by atoms with Crippen molar-refractivity contribution in [2.75, 3.05) is 13.7 Å². The molecule has 2 N–H and O–H groups in total. The first-order chi connectivity index (χ1) is 6.44. The summed E-state index contributed by atoms with van der Waals surface area (Å²) < 4.78 is 14.6. The fourth-order valence-electron chi connectivity index (χ4n) is 1.13. The van der Waals surface area contributed by atoms with E-state index in [1.165, 1.54) is 7.11 Å². The Morgan fingerprint density at radius 2 is 2.36 bits per heavy atom. The quantitative estimate of drug-likeness (QED) is 0.508. The summed E-state index contributed by atoms with van der Waals surface area (Å²) in [6.45, 7) is -3.19. The fourth-order valence-corrected chi connectivity index (χ4v) is 1.75. The van der Waals surface area contributed by atoms with Crippen LogP contribution in [-0.2, 0) is 25.6 Å². The average molecular weight is 238 g/mol. The predicted octanol–water partition coefficient (Wildman–Crippen LogP) is -0.489. The third-order valence-corrected chi connectivity index (χ3v) is 3.59. The maximum atomic E-state index is 9.40. The van der Waals surface area contributed by atoms with Gasteiger partial charge in [0, 0.05) is 13.1 Å². The van der Waals surface area contributed by atoms with Crippen LogP contribution in [0.5, 0.6) is 0 Å². The van der Waals surface area contributed by atoms with Crippen molar-refractivity contribution < 1.29 is 23.8 Å². The van der Waals surface area contributed by atoms with E-state index >= 15 is 0 Å². The minimum absolute atomic E-state index is 0.0174. The highest BCUT2D eigenvalue weighted by molar-refractivity contribution is 8.07. The van der Waals surface area contributed by atoms with Crippen LogP contribution in [0.3, 0.4) is 0 Å². The minimum Gasteiger partial charge on any atom is -0.390 e. The van der Waals surface area contributed by atoms with Gasteiger partial charge < -0.3 is 23.8 Å². The van der Waals surface area contributed by atoms with Crippen LogP contribution in [0, 0.1) is 0 Å². The number of hydrogen-bond acceptors (Lipinski definition) is 5. The lowest BCUT2D eigenvalue weighted by molar-refractivity contribution is -0.00118. The molecule has 1 aliphatic rings. The van der Waals surface area contributed by atoms with Crippen molar-refractivity contribution in [3.8, 4) is 0 Å². The van der Waals surface area contributed by atoms with E-state index in [1.807, 2.05) is 0 Å². The maximum Gasteiger partial charge on any atom is 0.324 e. The number of hydrogen-bond donors (Lipinski definition) is 2. The van der Waals surface area contributed by atoms with Crippen LogP contribution in [-0.4, -0.2) is 49.8 Å². The Kier molecular flexibility index (Phi) is 4.52. The van der Waals surface area contributed by atoms with Crippen molar-refractivity contribution >= 4 is 26.4 Å². The van der Waals surface area contributed by atoms with Crippen molar-refractivity contribution in [1.82, 2.24) is 0 Å². The predicted molar refractivity (Wildman–Crippen MR) is 54.5 cm³/mol. The third-order valence-electron chi connectivity index (χ3n) is 1.89. The molecule has 1 heterocycles. The highest BCUT2D eigenvalue weighted by atomic mass is 32.5. The molecule has 0 aromatic rings. The van der Waals surface area contributed by atoms with E-state index in [9.17, 15) is 10.00 Å². The van der Waals surface area contributed by atoms with E-state index in [0.717, 1.165) is 0 Å². The van der Waals surface area contributed by atoms with Gasteiger partial charge in [0.15, 0.2) is 0 Å². The Balaban J connectivity index is 2.35. The van der Waals surface area contributed by atoms with E-state index < -0.39 is 24.9 Å². The zero-order valence-electron chi connectivity index (χ0n) is 7.70. The molecule has 0 bridgehead atoms. The highest BCUT2D eigenvalue weighted by Crippen LogP contribution is 2.43. The lowest BCUT2D eigenvalue weighted by Crippen LogP contribution is -2.26. The minimum atomic E-state index is -3.17. The molecule has 1 rings (SSSR count). The maximum absolute atomic E-state index is 9.40. The van der Waals surface area contributed by atoms with Gasteiger partial charge >= 0.3 is 6.72 Å². The molecule has 2 radical (unpaired) electrons. The normalized spacial score (nSPS) is 36.9. The third kappa shape index (κ3) is 3.58. The van der Waals surface area contributed by atoms with Crippen LogP contribution in [0.25, 0.3) is 0 Å². The van der Waals surface area contributed by atoms with Gasteiger partial charge in [0.25, 0.3) is 0 Å². The first-order valence-corrected chi connectivity index (χ1v) is 6.66. The zero-order chi connectivity index (χ0) is 10.8. The molecule has 0 aromatic carbocycles. The van der Waals surface area contributed by atoms with E-state index in [1.54, 1.807) is 0 Å². The molecule has 14 heavy (non-hydrogen) atoms. The molecule has 5 nitrogen and oxygen atoms in total. The number of aliphatic hydroxyl groups is 1. The second kappa shape index (κ2) is 5.03. The number of ether oxygens (including phenoxy) is 1. The molecule has 0 spiro atoms. The van der Waals surface area contributed by atoms with E-state index in [0.29, 0.717) is 6.42 Å². The summed E-state index contributed by atoms with van der Waals surface area (Å²) in [5.74, 6) is 0. The van der Waals surface area contributed by atoms with E-state index in [2.05, 4.69) is 16.3 Å². The first-order valence-electron chi connectivity index (χ1n) is 4.07.